The second-order valence-corrected chi connectivity index (χ2v) is 4.75. The van der Waals surface area contributed by atoms with E-state index in [1.807, 2.05) is 0 Å². The van der Waals surface area contributed by atoms with Crippen molar-refractivity contribution in [1.29, 1.82) is 0 Å². The molecule has 2 N–H and O–H groups in total. The molecule has 0 bridgehead atoms. The first-order valence-electron chi connectivity index (χ1n) is 6.20. The highest BCUT2D eigenvalue weighted by molar-refractivity contribution is 5.93. The Hall–Kier alpha value is -1.96. The third kappa shape index (κ3) is 2.30. The van der Waals surface area contributed by atoms with E-state index in [0.29, 0.717) is 18.3 Å². The molecular weight excluding hydrogens is 252 g/mol. The summed E-state index contributed by atoms with van der Waals surface area (Å²) in [7, 11) is 0. The highest BCUT2D eigenvalue weighted by atomic mass is 16.5. The molecule has 1 saturated carbocycles. The minimum Gasteiger partial charge on any atom is -0.480 e. The molecule has 0 spiro atoms. The number of amides is 1. The van der Waals surface area contributed by atoms with E-state index < -0.39 is 17.9 Å². The van der Waals surface area contributed by atoms with Crippen molar-refractivity contribution in [3.05, 3.63) is 11.6 Å². The number of hydrogen-bond acceptors (Lipinski definition) is 5. The van der Waals surface area contributed by atoms with Crippen molar-refractivity contribution in [2.45, 2.75) is 24.8 Å². The Labute approximate surface area is 108 Å². The Morgan fingerprint density at radius 1 is 1.42 bits per heavy atom. The van der Waals surface area contributed by atoms with Gasteiger partial charge in [-0.3, -0.25) is 9.89 Å². The topological polar surface area (TPSA) is 108 Å². The van der Waals surface area contributed by atoms with Crippen LogP contribution in [0.3, 0.4) is 0 Å². The molecule has 2 fully saturated rings. The summed E-state index contributed by atoms with van der Waals surface area (Å²) in [6, 6.07) is -0.968. The fraction of sp³-hybridized carbons (Fsp3) is 0.636. The van der Waals surface area contributed by atoms with Gasteiger partial charge in [0.25, 0.3) is 5.91 Å². The lowest BCUT2D eigenvalue weighted by Crippen LogP contribution is -2.52. The maximum Gasteiger partial charge on any atom is 0.328 e. The Bertz CT molecular complexity index is 511. The molecule has 0 radical (unpaired) electrons. The maximum atomic E-state index is 12.2. The van der Waals surface area contributed by atoms with E-state index in [0.717, 1.165) is 12.8 Å². The van der Waals surface area contributed by atoms with Crippen LogP contribution < -0.4 is 0 Å². The summed E-state index contributed by atoms with van der Waals surface area (Å²) in [4.78, 5) is 28.7. The van der Waals surface area contributed by atoms with Crippen LogP contribution >= 0.6 is 0 Å². The third-order valence-electron chi connectivity index (χ3n) is 3.33. The van der Waals surface area contributed by atoms with Gasteiger partial charge >= 0.3 is 5.97 Å². The molecule has 1 aromatic rings. The van der Waals surface area contributed by atoms with Crippen molar-refractivity contribution < 1.29 is 19.4 Å². The van der Waals surface area contributed by atoms with Crippen molar-refractivity contribution in [3.63, 3.8) is 0 Å². The molecule has 8 nitrogen and oxygen atoms in total. The van der Waals surface area contributed by atoms with Gasteiger partial charge in [0, 0.05) is 12.5 Å². The fourth-order valence-electron chi connectivity index (χ4n) is 2.09. The van der Waals surface area contributed by atoms with Gasteiger partial charge in [0.05, 0.1) is 13.2 Å². The number of nitrogens with one attached hydrogen (secondary N) is 1. The standard InChI is InChI=1S/C11H14N4O4/c16-10(9-12-8(13-14-9)6-1-2-6)15-3-4-19-5-7(15)11(17)18/h6-7H,1-5H2,(H,17,18)(H,12,13,14). The van der Waals surface area contributed by atoms with E-state index in [-0.39, 0.29) is 19.0 Å². The van der Waals surface area contributed by atoms with Gasteiger partial charge in [-0.15, -0.1) is 5.10 Å². The monoisotopic (exact) mass is 266 g/mol. The highest BCUT2D eigenvalue weighted by Gasteiger charge is 2.36. The normalized spacial score (nSPS) is 23.4. The number of morpholine rings is 1. The zero-order valence-corrected chi connectivity index (χ0v) is 10.2. The lowest BCUT2D eigenvalue weighted by molar-refractivity contribution is -0.147. The number of nitrogens with zero attached hydrogens (tertiary/aromatic N) is 3. The molecule has 102 valence electrons. The van der Waals surface area contributed by atoms with Crippen LogP contribution in [0.4, 0.5) is 0 Å². The van der Waals surface area contributed by atoms with E-state index in [4.69, 9.17) is 9.84 Å². The summed E-state index contributed by atoms with van der Waals surface area (Å²) in [5.74, 6) is -0.419. The van der Waals surface area contributed by atoms with Crippen LogP contribution in [0, 0.1) is 0 Å². The Kier molecular flexibility index (Phi) is 2.94. The molecule has 1 unspecified atom stereocenters. The van der Waals surface area contributed by atoms with Gasteiger partial charge in [-0.25, -0.2) is 9.78 Å². The van der Waals surface area contributed by atoms with Crippen molar-refractivity contribution in [3.8, 4) is 0 Å². The second-order valence-electron chi connectivity index (χ2n) is 4.75. The van der Waals surface area contributed by atoms with E-state index in [9.17, 15) is 9.59 Å². The molecule has 0 aromatic carbocycles. The minimum absolute atomic E-state index is 0.000971. The Morgan fingerprint density at radius 3 is 2.89 bits per heavy atom. The third-order valence-corrected chi connectivity index (χ3v) is 3.33. The number of rotatable bonds is 3. The zero-order chi connectivity index (χ0) is 13.4. The number of aromatic amines is 1. The molecule has 2 heterocycles. The first-order valence-corrected chi connectivity index (χ1v) is 6.20. The molecule has 2 aliphatic rings. The zero-order valence-electron chi connectivity index (χ0n) is 10.2. The Balaban J connectivity index is 1.78. The number of ether oxygens (including phenoxy) is 1. The molecule has 1 atom stereocenters. The summed E-state index contributed by atoms with van der Waals surface area (Å²) < 4.78 is 5.09. The van der Waals surface area contributed by atoms with Gasteiger partial charge in [-0.1, -0.05) is 0 Å². The van der Waals surface area contributed by atoms with Gasteiger partial charge in [-0.05, 0) is 12.8 Å². The lowest BCUT2D eigenvalue weighted by Gasteiger charge is -2.31. The van der Waals surface area contributed by atoms with Gasteiger partial charge in [-0.2, -0.15) is 0 Å². The first kappa shape index (κ1) is 12.1. The SMILES string of the molecule is O=C(O)C1COCCN1C(=O)c1n[nH]c(C2CC2)n1. The second kappa shape index (κ2) is 4.61. The van der Waals surface area contributed by atoms with Crippen LogP contribution in [0.15, 0.2) is 0 Å². The van der Waals surface area contributed by atoms with Crippen LogP contribution in [0.5, 0.6) is 0 Å². The summed E-state index contributed by atoms with van der Waals surface area (Å²) in [6.07, 6.45) is 2.11. The van der Waals surface area contributed by atoms with E-state index in [2.05, 4.69) is 15.2 Å². The van der Waals surface area contributed by atoms with E-state index >= 15 is 0 Å². The average molecular weight is 266 g/mol. The number of hydrogen-bond donors (Lipinski definition) is 2. The predicted octanol–water partition coefficient (Wildman–Crippen LogP) is -0.392. The number of aliphatic carboxylic acids is 1. The summed E-state index contributed by atoms with van der Waals surface area (Å²) in [6.45, 7) is 0.569. The summed E-state index contributed by atoms with van der Waals surface area (Å²) in [5, 5.41) is 15.7. The molecule has 19 heavy (non-hydrogen) atoms. The summed E-state index contributed by atoms with van der Waals surface area (Å²) >= 11 is 0. The summed E-state index contributed by atoms with van der Waals surface area (Å²) in [5.41, 5.74) is 0. The van der Waals surface area contributed by atoms with Crippen LogP contribution in [-0.2, 0) is 9.53 Å². The van der Waals surface area contributed by atoms with Crippen molar-refractivity contribution in [2.24, 2.45) is 0 Å². The Morgan fingerprint density at radius 2 is 2.21 bits per heavy atom. The fourth-order valence-corrected chi connectivity index (χ4v) is 2.09. The lowest BCUT2D eigenvalue weighted by atomic mass is 10.2. The van der Waals surface area contributed by atoms with Crippen LogP contribution in [-0.4, -0.2) is 62.9 Å². The number of carboxylic acid groups (broad SMARTS) is 1. The van der Waals surface area contributed by atoms with Gasteiger partial charge < -0.3 is 14.7 Å². The number of carboxylic acids is 1. The quantitative estimate of drug-likeness (QED) is 0.771. The number of aromatic nitrogens is 3. The minimum atomic E-state index is -1.08. The molecule has 1 saturated heterocycles. The van der Waals surface area contributed by atoms with Crippen molar-refractivity contribution in [1.82, 2.24) is 20.1 Å². The average Bonchev–Trinajstić information content (AvgIpc) is 3.16. The number of carbonyl (C=O) groups excluding carboxylic acids is 1. The van der Waals surface area contributed by atoms with Crippen LogP contribution in [0.1, 0.15) is 35.2 Å². The molecule has 1 aromatic heterocycles. The first-order chi connectivity index (χ1) is 9.16. The highest BCUT2D eigenvalue weighted by Crippen LogP contribution is 2.37. The molecule has 3 rings (SSSR count). The molecular formula is C11H14N4O4. The van der Waals surface area contributed by atoms with E-state index in [1.165, 1.54) is 4.90 Å². The molecule has 8 heteroatoms. The van der Waals surface area contributed by atoms with Gasteiger partial charge in [0.15, 0.2) is 6.04 Å². The van der Waals surface area contributed by atoms with E-state index in [1.54, 1.807) is 0 Å². The van der Waals surface area contributed by atoms with Crippen molar-refractivity contribution >= 4 is 11.9 Å². The van der Waals surface area contributed by atoms with Crippen LogP contribution in [0.25, 0.3) is 0 Å². The molecule has 1 aliphatic carbocycles. The van der Waals surface area contributed by atoms with Gasteiger partial charge in [0.1, 0.15) is 5.82 Å². The smallest absolute Gasteiger partial charge is 0.328 e. The number of carbonyl (C=O) groups is 2. The maximum absolute atomic E-state index is 12.2. The molecule has 1 amide bonds. The predicted molar refractivity (Wildman–Crippen MR) is 61.6 cm³/mol. The largest absolute Gasteiger partial charge is 0.480 e. The van der Waals surface area contributed by atoms with Crippen LogP contribution in [0.2, 0.25) is 0 Å². The molecule has 1 aliphatic heterocycles. The van der Waals surface area contributed by atoms with Crippen molar-refractivity contribution in [2.75, 3.05) is 19.8 Å². The number of H-pyrrole nitrogens is 1. The van der Waals surface area contributed by atoms with Gasteiger partial charge in [0.2, 0.25) is 5.82 Å².